The molecule has 3 heterocycles. The van der Waals surface area contributed by atoms with Crippen LogP contribution < -0.4 is 5.56 Å². The lowest BCUT2D eigenvalue weighted by Gasteiger charge is -2.11. The van der Waals surface area contributed by atoms with Gasteiger partial charge in [0.25, 0.3) is 5.56 Å². The molecule has 0 spiro atoms. The van der Waals surface area contributed by atoms with E-state index < -0.39 is 5.97 Å². The van der Waals surface area contributed by atoms with Crippen LogP contribution in [0.4, 0.5) is 0 Å². The van der Waals surface area contributed by atoms with Gasteiger partial charge < -0.3 is 14.5 Å². The molecular formula is C23H25N5O5S. The molecule has 0 aliphatic heterocycles. The number of methoxy groups -OCH3 is 2. The lowest BCUT2D eigenvalue weighted by molar-refractivity contribution is 0.0599. The number of carbonyl (C=O) groups excluding carboxylic acids is 2. The van der Waals surface area contributed by atoms with Gasteiger partial charge in [-0.25, -0.2) is 4.79 Å². The van der Waals surface area contributed by atoms with Gasteiger partial charge in [0, 0.05) is 26.0 Å². The molecule has 1 aromatic carbocycles. The molecule has 0 fully saturated rings. The zero-order valence-corrected chi connectivity index (χ0v) is 20.2. The summed E-state index contributed by atoms with van der Waals surface area (Å²) in [4.78, 5) is 41.1. The minimum absolute atomic E-state index is 0.0688. The van der Waals surface area contributed by atoms with E-state index in [0.29, 0.717) is 63.9 Å². The number of carbonyl (C=O) groups is 2. The van der Waals surface area contributed by atoms with E-state index >= 15 is 0 Å². The number of H-pyrrole nitrogens is 1. The molecule has 0 radical (unpaired) electrons. The standard InChI is InChI=1S/C23H25N5O5S/c1-13-18(21(31)33-4)14(2)24-19(13)17(29)12-34-23-26-25-22-27(10-7-11-32-3)20(30)15-8-5-6-9-16(15)28(22)23/h5-6,8-9,24H,7,10-12H2,1-4H3. The molecule has 11 heteroatoms. The molecule has 10 nitrogen and oxygen atoms in total. The molecule has 0 unspecified atom stereocenters. The third-order valence-corrected chi connectivity index (χ3v) is 6.58. The summed E-state index contributed by atoms with van der Waals surface area (Å²) < 4.78 is 13.3. The molecule has 0 saturated heterocycles. The number of hydrogen-bond acceptors (Lipinski definition) is 8. The lowest BCUT2D eigenvalue weighted by Crippen LogP contribution is -2.24. The van der Waals surface area contributed by atoms with E-state index in [9.17, 15) is 14.4 Å². The van der Waals surface area contributed by atoms with Gasteiger partial charge in [-0.2, -0.15) is 0 Å². The fourth-order valence-electron chi connectivity index (χ4n) is 4.03. The number of thioether (sulfide) groups is 1. The number of nitrogens with one attached hydrogen (secondary N) is 1. The van der Waals surface area contributed by atoms with Gasteiger partial charge in [0.1, 0.15) is 0 Å². The third-order valence-electron chi connectivity index (χ3n) is 5.65. The Bertz CT molecular complexity index is 1450. The van der Waals surface area contributed by atoms with Crippen molar-refractivity contribution in [1.82, 2.24) is 24.1 Å². The average molecular weight is 484 g/mol. The number of fused-ring (bicyclic) bond motifs is 3. The number of ketones is 1. The van der Waals surface area contributed by atoms with Crippen LogP contribution in [0.15, 0.2) is 34.2 Å². The summed E-state index contributed by atoms with van der Waals surface area (Å²) in [6.45, 7) is 4.38. The van der Waals surface area contributed by atoms with Gasteiger partial charge in [-0.15, -0.1) is 10.2 Å². The normalized spacial score (nSPS) is 11.4. The summed E-state index contributed by atoms with van der Waals surface area (Å²) in [6.07, 6.45) is 0.645. The van der Waals surface area contributed by atoms with Crippen LogP contribution in [-0.2, 0) is 16.0 Å². The molecule has 4 aromatic rings. The Morgan fingerprint density at radius 3 is 2.65 bits per heavy atom. The number of Topliss-reactive ketones (excluding diaryl/α,β-unsaturated/α-hetero) is 1. The quantitative estimate of drug-likeness (QED) is 0.167. The highest BCUT2D eigenvalue weighted by atomic mass is 32.2. The maximum atomic E-state index is 13.1. The number of rotatable bonds is 9. The second-order valence-corrected chi connectivity index (χ2v) is 8.71. The topological polar surface area (TPSA) is 121 Å². The fourth-order valence-corrected chi connectivity index (χ4v) is 4.85. The summed E-state index contributed by atoms with van der Waals surface area (Å²) in [7, 11) is 2.92. The maximum Gasteiger partial charge on any atom is 0.339 e. The van der Waals surface area contributed by atoms with Gasteiger partial charge in [-0.3, -0.25) is 18.6 Å². The number of esters is 1. The number of benzene rings is 1. The van der Waals surface area contributed by atoms with Crippen LogP contribution in [0.3, 0.4) is 0 Å². The van der Waals surface area contributed by atoms with Crippen molar-refractivity contribution < 1.29 is 19.1 Å². The molecule has 0 aliphatic carbocycles. The first-order valence-corrected chi connectivity index (χ1v) is 11.7. The fraction of sp³-hybridized carbons (Fsp3) is 0.348. The minimum atomic E-state index is -0.487. The largest absolute Gasteiger partial charge is 0.465 e. The van der Waals surface area contributed by atoms with Gasteiger partial charge in [-0.05, 0) is 38.0 Å². The molecule has 4 rings (SSSR count). The number of para-hydroxylation sites is 1. The number of ether oxygens (including phenoxy) is 2. The Morgan fingerprint density at radius 1 is 1.15 bits per heavy atom. The smallest absolute Gasteiger partial charge is 0.339 e. The Balaban J connectivity index is 1.69. The predicted molar refractivity (Wildman–Crippen MR) is 128 cm³/mol. The summed E-state index contributed by atoms with van der Waals surface area (Å²) >= 11 is 1.22. The minimum Gasteiger partial charge on any atom is -0.465 e. The Hall–Kier alpha value is -3.44. The SMILES string of the molecule is COCCCn1c(=O)c2ccccc2n2c(SCC(=O)c3[nH]c(C)c(C(=O)OC)c3C)nnc12. The van der Waals surface area contributed by atoms with Crippen LogP contribution in [0.2, 0.25) is 0 Å². The van der Waals surface area contributed by atoms with Gasteiger partial charge in [0.05, 0.1) is 35.0 Å². The molecule has 0 bridgehead atoms. The zero-order chi connectivity index (χ0) is 24.4. The van der Waals surface area contributed by atoms with Gasteiger partial charge in [-0.1, -0.05) is 23.9 Å². The first kappa shape index (κ1) is 23.7. The molecule has 34 heavy (non-hydrogen) atoms. The van der Waals surface area contributed by atoms with Crippen molar-refractivity contribution in [3.8, 4) is 0 Å². The van der Waals surface area contributed by atoms with Crippen molar-refractivity contribution in [2.75, 3.05) is 26.6 Å². The molecule has 178 valence electrons. The lowest BCUT2D eigenvalue weighted by atomic mass is 10.1. The molecule has 0 saturated carbocycles. The molecule has 0 atom stereocenters. The predicted octanol–water partition coefficient (Wildman–Crippen LogP) is 2.79. The van der Waals surface area contributed by atoms with Crippen LogP contribution >= 0.6 is 11.8 Å². The molecule has 0 amide bonds. The molecule has 3 aromatic heterocycles. The van der Waals surface area contributed by atoms with Crippen LogP contribution in [0.5, 0.6) is 0 Å². The Kier molecular flexibility index (Phi) is 6.85. The highest BCUT2D eigenvalue weighted by Gasteiger charge is 2.23. The van der Waals surface area contributed by atoms with Crippen molar-refractivity contribution in [3.63, 3.8) is 0 Å². The highest BCUT2D eigenvalue weighted by molar-refractivity contribution is 7.99. The number of nitrogens with zero attached hydrogens (tertiary/aromatic N) is 4. The first-order chi connectivity index (χ1) is 16.4. The second kappa shape index (κ2) is 9.82. The van der Waals surface area contributed by atoms with Gasteiger partial charge in [0.2, 0.25) is 5.78 Å². The second-order valence-electron chi connectivity index (χ2n) is 7.77. The maximum absolute atomic E-state index is 13.1. The van der Waals surface area contributed by atoms with E-state index in [2.05, 4.69) is 15.2 Å². The van der Waals surface area contributed by atoms with Crippen LogP contribution in [0, 0.1) is 13.8 Å². The van der Waals surface area contributed by atoms with Crippen molar-refractivity contribution in [3.05, 3.63) is 57.1 Å². The van der Waals surface area contributed by atoms with Gasteiger partial charge in [0.15, 0.2) is 10.9 Å². The summed E-state index contributed by atoms with van der Waals surface area (Å²) in [6, 6.07) is 7.25. The van der Waals surface area contributed by atoms with Crippen LogP contribution in [0.25, 0.3) is 16.7 Å². The van der Waals surface area contributed by atoms with E-state index in [1.54, 1.807) is 36.0 Å². The monoisotopic (exact) mass is 483 g/mol. The van der Waals surface area contributed by atoms with Crippen molar-refractivity contribution in [1.29, 1.82) is 0 Å². The summed E-state index contributed by atoms with van der Waals surface area (Å²) in [5.41, 5.74) is 2.39. The molecule has 1 N–H and O–H groups in total. The summed E-state index contributed by atoms with van der Waals surface area (Å²) in [5, 5.41) is 9.57. The Labute approximate surface area is 199 Å². The molecular weight excluding hydrogens is 458 g/mol. The van der Waals surface area contributed by atoms with Crippen molar-refractivity contribution in [2.45, 2.75) is 32.0 Å². The van der Waals surface area contributed by atoms with Crippen molar-refractivity contribution in [2.24, 2.45) is 0 Å². The van der Waals surface area contributed by atoms with Crippen LogP contribution in [0.1, 0.15) is 38.5 Å². The first-order valence-electron chi connectivity index (χ1n) is 10.7. The van der Waals surface area contributed by atoms with Crippen LogP contribution in [-0.4, -0.2) is 62.5 Å². The average Bonchev–Trinajstić information content (AvgIpc) is 3.39. The van der Waals surface area contributed by atoms with Gasteiger partial charge >= 0.3 is 5.97 Å². The van der Waals surface area contributed by atoms with E-state index in [1.165, 1.54) is 18.9 Å². The number of aryl methyl sites for hydroxylation is 2. The summed E-state index contributed by atoms with van der Waals surface area (Å²) in [5.74, 6) is -0.191. The Morgan fingerprint density at radius 2 is 1.91 bits per heavy atom. The van der Waals surface area contributed by atoms with E-state index in [4.69, 9.17) is 9.47 Å². The van der Waals surface area contributed by atoms with E-state index in [1.807, 2.05) is 18.2 Å². The number of aromatic nitrogens is 5. The zero-order valence-electron chi connectivity index (χ0n) is 19.4. The van der Waals surface area contributed by atoms with E-state index in [-0.39, 0.29) is 17.1 Å². The third kappa shape index (κ3) is 4.12. The highest BCUT2D eigenvalue weighted by Crippen LogP contribution is 2.25. The molecule has 0 aliphatic rings. The van der Waals surface area contributed by atoms with E-state index in [0.717, 1.165) is 0 Å². The number of hydrogen-bond donors (Lipinski definition) is 1. The van der Waals surface area contributed by atoms with Crippen molar-refractivity contribution >= 4 is 40.2 Å². The number of aromatic amines is 1.